The van der Waals surface area contributed by atoms with Crippen LogP contribution in [0.25, 0.3) is 0 Å². The van der Waals surface area contributed by atoms with Crippen molar-refractivity contribution in [1.29, 1.82) is 0 Å². The largest absolute Gasteiger partial charge is 1.00 e. The minimum atomic E-state index is -1.33. The molecular formula is C12H9Na3O6. The van der Waals surface area contributed by atoms with Crippen molar-refractivity contribution in [3.8, 4) is 0 Å². The minimum Gasteiger partial charge on any atom is -0.550 e. The first kappa shape index (κ1) is 26.5. The average molecular weight is 318 g/mol. The zero-order valence-corrected chi connectivity index (χ0v) is 18.3. The Morgan fingerprint density at radius 1 is 0.619 bits per heavy atom. The molecule has 0 fully saturated rings. The molecule has 1 rings (SSSR count). The summed E-state index contributed by atoms with van der Waals surface area (Å²) in [6.45, 7) is 0. The zero-order valence-electron chi connectivity index (χ0n) is 12.3. The molecular weight excluding hydrogens is 309 g/mol. The fourth-order valence-electron chi connectivity index (χ4n) is 1.65. The summed E-state index contributed by atoms with van der Waals surface area (Å²) < 4.78 is 0. The topological polar surface area (TPSA) is 120 Å². The first-order valence-electron chi connectivity index (χ1n) is 5.08. The van der Waals surface area contributed by atoms with Crippen molar-refractivity contribution in [2.75, 3.05) is 0 Å². The molecule has 0 saturated carbocycles. The third kappa shape index (κ3) is 11.8. The van der Waals surface area contributed by atoms with E-state index in [1.165, 1.54) is 18.2 Å². The van der Waals surface area contributed by atoms with Crippen LogP contribution in [0.2, 0.25) is 0 Å². The Morgan fingerprint density at radius 3 is 0.952 bits per heavy atom. The van der Waals surface area contributed by atoms with Gasteiger partial charge < -0.3 is 29.7 Å². The zero-order chi connectivity index (χ0) is 13.7. The van der Waals surface area contributed by atoms with Crippen LogP contribution >= 0.6 is 0 Å². The summed E-state index contributed by atoms with van der Waals surface area (Å²) in [6.07, 6.45) is -1.25. The minimum absolute atomic E-state index is 0. The van der Waals surface area contributed by atoms with Crippen molar-refractivity contribution in [1.82, 2.24) is 0 Å². The van der Waals surface area contributed by atoms with Gasteiger partial charge in [-0.25, -0.2) is 0 Å². The first-order valence-corrected chi connectivity index (χ1v) is 5.08. The van der Waals surface area contributed by atoms with Gasteiger partial charge in [-0.1, -0.05) is 18.2 Å². The fourth-order valence-corrected chi connectivity index (χ4v) is 1.65. The van der Waals surface area contributed by atoms with E-state index in [0.29, 0.717) is 0 Å². The maximum Gasteiger partial charge on any atom is 1.00 e. The van der Waals surface area contributed by atoms with Gasteiger partial charge in [-0.3, -0.25) is 0 Å². The molecule has 0 amide bonds. The molecule has 0 aliphatic heterocycles. The Morgan fingerprint density at radius 2 is 0.810 bits per heavy atom. The SMILES string of the molecule is O=C([O-])Cc1cc(CC(=O)[O-])cc(CC(=O)[O-])c1.[Na+].[Na+].[Na+]. The Hall–Kier alpha value is 0.630. The summed E-state index contributed by atoms with van der Waals surface area (Å²) in [6, 6.07) is 4.10. The molecule has 0 saturated heterocycles. The Bertz CT molecular complexity index is 420. The van der Waals surface area contributed by atoms with Gasteiger partial charge in [-0.2, -0.15) is 0 Å². The van der Waals surface area contributed by atoms with Crippen LogP contribution in [-0.2, 0) is 33.6 Å². The number of rotatable bonds is 6. The van der Waals surface area contributed by atoms with Crippen LogP contribution in [0, 0.1) is 0 Å². The van der Waals surface area contributed by atoms with Gasteiger partial charge in [-0.15, -0.1) is 0 Å². The van der Waals surface area contributed by atoms with Crippen molar-refractivity contribution >= 4 is 17.9 Å². The van der Waals surface area contributed by atoms with Gasteiger partial charge >= 0.3 is 88.7 Å². The van der Waals surface area contributed by atoms with Crippen molar-refractivity contribution in [2.24, 2.45) is 0 Å². The number of carboxylic acid groups (broad SMARTS) is 3. The monoisotopic (exact) mass is 318 g/mol. The van der Waals surface area contributed by atoms with Gasteiger partial charge in [0, 0.05) is 37.2 Å². The molecule has 96 valence electrons. The number of carboxylic acids is 3. The maximum atomic E-state index is 10.5. The summed E-state index contributed by atoms with van der Waals surface area (Å²) in [5.74, 6) is -4.00. The number of hydrogen-bond donors (Lipinski definition) is 0. The molecule has 21 heavy (non-hydrogen) atoms. The van der Waals surface area contributed by atoms with Crippen LogP contribution in [0.4, 0.5) is 0 Å². The molecule has 0 aliphatic rings. The molecule has 9 heteroatoms. The molecule has 0 atom stereocenters. The molecule has 0 aliphatic carbocycles. The molecule has 0 N–H and O–H groups in total. The summed E-state index contributed by atoms with van der Waals surface area (Å²) >= 11 is 0. The number of benzene rings is 1. The van der Waals surface area contributed by atoms with Gasteiger partial charge in [0.15, 0.2) is 0 Å². The molecule has 0 bridgehead atoms. The van der Waals surface area contributed by atoms with Crippen molar-refractivity contribution in [2.45, 2.75) is 19.3 Å². The standard InChI is InChI=1S/C12H12O6.3Na/c13-10(14)4-7-1-8(5-11(15)16)3-9(2-7)6-12(17)18;;;/h1-3H,4-6H2,(H,13,14)(H,15,16)(H,17,18);;;/q;3*+1/p-3. The second kappa shape index (κ2) is 13.1. The average Bonchev–Trinajstić information content (AvgIpc) is 2.12. The Balaban J connectivity index is -0.00000108. The third-order valence-electron chi connectivity index (χ3n) is 2.16. The van der Waals surface area contributed by atoms with Crippen molar-refractivity contribution in [3.05, 3.63) is 34.9 Å². The van der Waals surface area contributed by atoms with Gasteiger partial charge in [0.05, 0.1) is 0 Å². The van der Waals surface area contributed by atoms with Crippen LogP contribution in [0.15, 0.2) is 18.2 Å². The van der Waals surface area contributed by atoms with E-state index in [1.54, 1.807) is 0 Å². The molecule has 1 aromatic rings. The van der Waals surface area contributed by atoms with Crippen LogP contribution in [0.5, 0.6) is 0 Å². The number of carbonyl (C=O) groups excluding carboxylic acids is 3. The predicted octanol–water partition coefficient (Wildman–Crippen LogP) is -12.4. The quantitative estimate of drug-likeness (QED) is 0.480. The van der Waals surface area contributed by atoms with E-state index in [1.807, 2.05) is 0 Å². The van der Waals surface area contributed by atoms with E-state index in [-0.39, 0.29) is 105 Å². The summed E-state index contributed by atoms with van der Waals surface area (Å²) in [5, 5.41) is 31.4. The van der Waals surface area contributed by atoms with Crippen molar-refractivity contribution < 1.29 is 118 Å². The summed E-state index contributed by atoms with van der Waals surface area (Å²) in [7, 11) is 0. The summed E-state index contributed by atoms with van der Waals surface area (Å²) in [4.78, 5) is 31.4. The van der Waals surface area contributed by atoms with E-state index >= 15 is 0 Å². The van der Waals surface area contributed by atoms with Crippen LogP contribution in [0.1, 0.15) is 16.7 Å². The second-order valence-corrected chi connectivity index (χ2v) is 3.80. The molecule has 0 unspecified atom stereocenters. The van der Waals surface area contributed by atoms with Crippen LogP contribution < -0.4 is 104 Å². The van der Waals surface area contributed by atoms with E-state index < -0.39 is 37.2 Å². The van der Waals surface area contributed by atoms with Crippen LogP contribution in [-0.4, -0.2) is 17.9 Å². The molecule has 0 spiro atoms. The second-order valence-electron chi connectivity index (χ2n) is 3.80. The molecule has 0 aromatic heterocycles. The molecule has 0 radical (unpaired) electrons. The number of carbonyl (C=O) groups is 3. The normalized spacial score (nSPS) is 8.57. The molecule has 1 aromatic carbocycles. The van der Waals surface area contributed by atoms with Gasteiger partial charge in [-0.05, 0) is 16.7 Å². The maximum absolute atomic E-state index is 10.5. The molecule has 0 heterocycles. The molecule has 6 nitrogen and oxygen atoms in total. The smallest absolute Gasteiger partial charge is 0.550 e. The van der Waals surface area contributed by atoms with Gasteiger partial charge in [0.2, 0.25) is 0 Å². The number of aliphatic carboxylic acids is 3. The van der Waals surface area contributed by atoms with E-state index in [0.717, 1.165) is 0 Å². The van der Waals surface area contributed by atoms with Gasteiger partial charge in [0.25, 0.3) is 0 Å². The Labute approximate surface area is 188 Å². The van der Waals surface area contributed by atoms with E-state index in [4.69, 9.17) is 0 Å². The van der Waals surface area contributed by atoms with E-state index in [2.05, 4.69) is 0 Å². The first-order chi connectivity index (χ1) is 8.36. The predicted molar refractivity (Wildman–Crippen MR) is 52.6 cm³/mol. The Kier molecular flexibility index (Phi) is 16.6. The van der Waals surface area contributed by atoms with E-state index in [9.17, 15) is 29.7 Å². The summed E-state index contributed by atoms with van der Waals surface area (Å²) in [5.41, 5.74) is 0.847. The van der Waals surface area contributed by atoms with Gasteiger partial charge in [0.1, 0.15) is 0 Å². The van der Waals surface area contributed by atoms with Crippen molar-refractivity contribution in [3.63, 3.8) is 0 Å². The fraction of sp³-hybridized carbons (Fsp3) is 0.250. The van der Waals surface area contributed by atoms with Crippen LogP contribution in [0.3, 0.4) is 0 Å². The third-order valence-corrected chi connectivity index (χ3v) is 2.16. The number of hydrogen-bond acceptors (Lipinski definition) is 6.